The van der Waals surface area contributed by atoms with Crippen LogP contribution in [0, 0.1) is 0 Å². The zero-order valence-electron chi connectivity index (χ0n) is 15.2. The quantitative estimate of drug-likeness (QED) is 0.668. The molecule has 3 aromatic rings. The molecule has 2 N–H and O–H groups in total. The Kier molecular flexibility index (Phi) is 4.11. The molecule has 1 atom stereocenters. The van der Waals surface area contributed by atoms with Crippen LogP contribution in [-0.2, 0) is 9.59 Å². The van der Waals surface area contributed by atoms with E-state index in [0.717, 1.165) is 10.2 Å². The molecule has 0 saturated heterocycles. The fourth-order valence-corrected chi connectivity index (χ4v) is 3.80. The number of ether oxygens (including phenoxy) is 1. The maximum atomic E-state index is 12.8. The van der Waals surface area contributed by atoms with Gasteiger partial charge in [-0.15, -0.1) is 0 Å². The fourth-order valence-electron chi connectivity index (χ4n) is 2.89. The molecule has 6 nitrogen and oxygen atoms in total. The highest BCUT2D eigenvalue weighted by atomic mass is 32.1. The molecule has 1 aliphatic rings. The van der Waals surface area contributed by atoms with Crippen molar-refractivity contribution in [2.75, 3.05) is 10.6 Å². The summed E-state index contributed by atoms with van der Waals surface area (Å²) in [5, 5.41) is 5.89. The minimum absolute atomic E-state index is 0.410. The minimum Gasteiger partial charge on any atom is -0.466 e. The van der Waals surface area contributed by atoms with E-state index in [-0.39, 0.29) is 0 Å². The van der Waals surface area contributed by atoms with Crippen molar-refractivity contribution in [3.05, 3.63) is 48.0 Å². The van der Waals surface area contributed by atoms with Gasteiger partial charge in [0.2, 0.25) is 0 Å². The Bertz CT molecular complexity index is 1060. The number of thiazole rings is 1. The largest absolute Gasteiger partial charge is 0.466 e. The lowest BCUT2D eigenvalue weighted by molar-refractivity contribution is -0.143. The van der Waals surface area contributed by atoms with Gasteiger partial charge in [0.05, 0.1) is 15.9 Å². The Hall–Kier alpha value is -2.93. The van der Waals surface area contributed by atoms with Gasteiger partial charge in [0.15, 0.2) is 5.13 Å². The highest BCUT2D eigenvalue weighted by Gasteiger charge is 2.47. The van der Waals surface area contributed by atoms with Gasteiger partial charge in [0, 0.05) is 0 Å². The molecule has 1 unspecified atom stereocenters. The molecule has 2 heterocycles. The van der Waals surface area contributed by atoms with Crippen molar-refractivity contribution >= 4 is 44.2 Å². The number of amides is 2. The van der Waals surface area contributed by atoms with E-state index in [0.29, 0.717) is 22.5 Å². The van der Waals surface area contributed by atoms with Crippen LogP contribution in [0.4, 0.5) is 10.8 Å². The summed E-state index contributed by atoms with van der Waals surface area (Å²) in [5.41, 5.74) is 0.899. The average molecular weight is 381 g/mol. The number of para-hydroxylation sites is 2. The third-order valence-corrected chi connectivity index (χ3v) is 5.55. The summed E-state index contributed by atoms with van der Waals surface area (Å²) in [6.45, 7) is 5.71. The van der Waals surface area contributed by atoms with Crippen LogP contribution >= 0.6 is 11.3 Å². The second-order valence-electron chi connectivity index (χ2n) is 6.94. The number of fused-ring (bicyclic) bond motifs is 2. The molecule has 0 saturated carbocycles. The normalized spacial score (nSPS) is 18.7. The molecule has 2 amide bonds. The maximum absolute atomic E-state index is 12.8. The van der Waals surface area contributed by atoms with Crippen molar-refractivity contribution in [2.24, 2.45) is 0 Å². The standard InChI is InChI=1S/C20H19N3O3S/c1-11(2)12-8-9-14-16(10-12)27-19(22-14)23-18(25)20(3)17(24)21-13-6-4-5-7-15(13)26-20/h4-11H,1-3H3,(H,21,24)(H,22,23,25). The van der Waals surface area contributed by atoms with Crippen LogP contribution < -0.4 is 15.4 Å². The van der Waals surface area contributed by atoms with E-state index >= 15 is 0 Å². The average Bonchev–Trinajstić information content (AvgIpc) is 3.03. The number of anilines is 2. The molecule has 0 spiro atoms. The number of benzene rings is 2. The van der Waals surface area contributed by atoms with E-state index in [9.17, 15) is 9.59 Å². The van der Waals surface area contributed by atoms with Crippen molar-refractivity contribution in [1.29, 1.82) is 0 Å². The van der Waals surface area contributed by atoms with Gasteiger partial charge in [0.1, 0.15) is 5.75 Å². The number of nitrogens with one attached hydrogen (secondary N) is 2. The van der Waals surface area contributed by atoms with Gasteiger partial charge in [-0.1, -0.05) is 43.4 Å². The lowest BCUT2D eigenvalue weighted by atomic mass is 10.0. The predicted octanol–water partition coefficient (Wildman–Crippen LogP) is 4.15. The zero-order chi connectivity index (χ0) is 19.2. The van der Waals surface area contributed by atoms with Crippen LogP contribution in [0.3, 0.4) is 0 Å². The van der Waals surface area contributed by atoms with Crippen LogP contribution in [0.5, 0.6) is 5.75 Å². The van der Waals surface area contributed by atoms with Crippen LogP contribution in [0.2, 0.25) is 0 Å². The summed E-state index contributed by atoms with van der Waals surface area (Å²) >= 11 is 1.38. The lowest BCUT2D eigenvalue weighted by Crippen LogP contribution is -2.56. The second kappa shape index (κ2) is 6.35. The van der Waals surface area contributed by atoms with E-state index in [1.165, 1.54) is 23.8 Å². The van der Waals surface area contributed by atoms with Gasteiger partial charge in [-0.05, 0) is 42.7 Å². The number of hydrogen-bond acceptors (Lipinski definition) is 5. The highest BCUT2D eigenvalue weighted by Crippen LogP contribution is 2.35. The first-order chi connectivity index (χ1) is 12.9. The molecule has 0 bridgehead atoms. The third-order valence-electron chi connectivity index (χ3n) is 4.62. The van der Waals surface area contributed by atoms with E-state index in [2.05, 4.69) is 35.5 Å². The summed E-state index contributed by atoms with van der Waals surface area (Å²) in [4.78, 5) is 29.8. The first kappa shape index (κ1) is 17.5. The lowest BCUT2D eigenvalue weighted by Gasteiger charge is -2.32. The van der Waals surface area contributed by atoms with Gasteiger partial charge < -0.3 is 10.1 Å². The fraction of sp³-hybridized carbons (Fsp3) is 0.250. The molecule has 1 aromatic heterocycles. The molecule has 138 valence electrons. The van der Waals surface area contributed by atoms with E-state index in [4.69, 9.17) is 4.74 Å². The molecule has 2 aromatic carbocycles. The maximum Gasteiger partial charge on any atom is 0.280 e. The van der Waals surface area contributed by atoms with Crippen LogP contribution in [0.1, 0.15) is 32.3 Å². The molecule has 4 rings (SSSR count). The van der Waals surface area contributed by atoms with Crippen molar-refractivity contribution in [1.82, 2.24) is 4.98 Å². The van der Waals surface area contributed by atoms with Crippen molar-refractivity contribution in [2.45, 2.75) is 32.3 Å². The number of nitrogens with zero attached hydrogens (tertiary/aromatic N) is 1. The number of aromatic nitrogens is 1. The summed E-state index contributed by atoms with van der Waals surface area (Å²) in [5.74, 6) is -0.201. The van der Waals surface area contributed by atoms with E-state index in [1.807, 2.05) is 12.1 Å². The molecular weight excluding hydrogens is 362 g/mol. The number of hydrogen-bond donors (Lipinski definition) is 2. The highest BCUT2D eigenvalue weighted by molar-refractivity contribution is 7.22. The van der Waals surface area contributed by atoms with E-state index < -0.39 is 17.4 Å². The molecule has 1 aliphatic heterocycles. The molecule has 0 radical (unpaired) electrons. The van der Waals surface area contributed by atoms with Gasteiger partial charge in [-0.3, -0.25) is 14.9 Å². The Labute approximate surface area is 160 Å². The molecular formula is C20H19N3O3S. The second-order valence-corrected chi connectivity index (χ2v) is 7.97. The molecule has 0 fully saturated rings. The minimum atomic E-state index is -1.67. The third kappa shape index (κ3) is 3.04. The van der Waals surface area contributed by atoms with Crippen LogP contribution in [0.25, 0.3) is 10.2 Å². The van der Waals surface area contributed by atoms with Crippen LogP contribution in [-0.4, -0.2) is 22.4 Å². The molecule has 7 heteroatoms. The summed E-state index contributed by atoms with van der Waals surface area (Å²) in [6.07, 6.45) is 0. The Morgan fingerprint density at radius 1 is 1.26 bits per heavy atom. The van der Waals surface area contributed by atoms with Gasteiger partial charge in [-0.2, -0.15) is 0 Å². The van der Waals surface area contributed by atoms with Gasteiger partial charge in [0.25, 0.3) is 17.4 Å². The topological polar surface area (TPSA) is 80.3 Å². The van der Waals surface area contributed by atoms with Crippen molar-refractivity contribution in [3.8, 4) is 5.75 Å². The van der Waals surface area contributed by atoms with Gasteiger partial charge in [-0.25, -0.2) is 4.98 Å². The summed E-state index contributed by atoms with van der Waals surface area (Å²) in [7, 11) is 0. The first-order valence-corrected chi connectivity index (χ1v) is 9.50. The Morgan fingerprint density at radius 3 is 2.81 bits per heavy atom. The van der Waals surface area contributed by atoms with Crippen molar-refractivity contribution in [3.63, 3.8) is 0 Å². The van der Waals surface area contributed by atoms with E-state index in [1.54, 1.807) is 24.3 Å². The number of carbonyl (C=O) groups is 2. The molecule has 0 aliphatic carbocycles. The number of carbonyl (C=O) groups excluding carboxylic acids is 2. The Balaban J connectivity index is 1.60. The SMILES string of the molecule is CC(C)c1ccc2nc(NC(=O)C3(C)Oc4ccccc4NC3=O)sc2c1. The van der Waals surface area contributed by atoms with Crippen LogP contribution in [0.15, 0.2) is 42.5 Å². The van der Waals surface area contributed by atoms with Gasteiger partial charge >= 0.3 is 0 Å². The monoisotopic (exact) mass is 381 g/mol. The number of rotatable bonds is 3. The smallest absolute Gasteiger partial charge is 0.280 e. The summed E-state index contributed by atoms with van der Waals surface area (Å²) in [6, 6.07) is 13.1. The van der Waals surface area contributed by atoms with Crippen molar-refractivity contribution < 1.29 is 14.3 Å². The zero-order valence-corrected chi connectivity index (χ0v) is 16.0. The first-order valence-electron chi connectivity index (χ1n) is 8.68. The molecule has 27 heavy (non-hydrogen) atoms. The Morgan fingerprint density at radius 2 is 2.04 bits per heavy atom. The summed E-state index contributed by atoms with van der Waals surface area (Å²) < 4.78 is 6.73. The predicted molar refractivity (Wildman–Crippen MR) is 106 cm³/mol.